The highest BCUT2D eigenvalue weighted by molar-refractivity contribution is 7.16. The maximum absolute atomic E-state index is 13.2. The smallest absolute Gasteiger partial charge is 0.232 e. The van der Waals surface area contributed by atoms with E-state index < -0.39 is 5.41 Å². The van der Waals surface area contributed by atoms with E-state index in [2.05, 4.69) is 17.4 Å². The first-order chi connectivity index (χ1) is 16.8. The molecule has 4 rings (SSSR count). The third-order valence-corrected chi connectivity index (χ3v) is 7.05. The van der Waals surface area contributed by atoms with E-state index in [0.29, 0.717) is 11.6 Å². The molecule has 0 radical (unpaired) electrons. The van der Waals surface area contributed by atoms with Crippen molar-refractivity contribution in [3.8, 4) is 11.3 Å². The van der Waals surface area contributed by atoms with Crippen LogP contribution in [0.3, 0.4) is 0 Å². The molecular weight excluding hydrogens is 452 g/mol. The number of ketones is 1. The highest BCUT2D eigenvalue weighted by Crippen LogP contribution is 2.34. The normalized spacial score (nSPS) is 11.3. The molecule has 3 aromatic carbocycles. The Labute approximate surface area is 211 Å². The quantitative estimate of drug-likeness (QED) is 0.283. The van der Waals surface area contributed by atoms with Gasteiger partial charge in [0, 0.05) is 29.7 Å². The van der Waals surface area contributed by atoms with Gasteiger partial charge in [0.15, 0.2) is 5.13 Å². The fourth-order valence-electron chi connectivity index (χ4n) is 4.05. The average molecular weight is 483 g/mol. The number of thiazole rings is 1. The van der Waals surface area contributed by atoms with Gasteiger partial charge >= 0.3 is 0 Å². The fourth-order valence-corrected chi connectivity index (χ4v) is 5.06. The molecule has 4 nitrogen and oxygen atoms in total. The van der Waals surface area contributed by atoms with Gasteiger partial charge in [-0.1, -0.05) is 98.8 Å². The Morgan fingerprint density at radius 3 is 2.20 bits per heavy atom. The number of carbonyl (C=O) groups is 2. The molecule has 0 aliphatic rings. The molecular formula is C30H30N2O2S. The molecule has 1 amide bonds. The van der Waals surface area contributed by atoms with Gasteiger partial charge in [-0.15, -0.1) is 11.3 Å². The van der Waals surface area contributed by atoms with Crippen molar-refractivity contribution in [2.45, 2.75) is 40.0 Å². The zero-order valence-corrected chi connectivity index (χ0v) is 21.2. The third-order valence-electron chi connectivity index (χ3n) is 6.08. The van der Waals surface area contributed by atoms with E-state index in [4.69, 9.17) is 4.98 Å². The summed E-state index contributed by atoms with van der Waals surface area (Å²) in [6.45, 7) is 5.63. The molecule has 0 saturated heterocycles. The summed E-state index contributed by atoms with van der Waals surface area (Å²) in [5.74, 6) is -0.149. The number of nitrogens with zero attached hydrogens (tertiary/aromatic N) is 1. The SMILES string of the molecule is Cc1ccccc1CC(=O)CC(C)(C)C(=O)Nc1nc(-c2ccccc2)c(Cc2ccccc2)s1. The predicted molar refractivity (Wildman–Crippen MR) is 144 cm³/mol. The zero-order chi connectivity index (χ0) is 24.8. The van der Waals surface area contributed by atoms with E-state index in [9.17, 15) is 9.59 Å². The molecule has 0 unspecified atom stereocenters. The molecule has 0 spiro atoms. The molecule has 0 atom stereocenters. The minimum atomic E-state index is -0.849. The zero-order valence-electron chi connectivity index (χ0n) is 20.4. The van der Waals surface area contributed by atoms with E-state index in [-0.39, 0.29) is 18.1 Å². The van der Waals surface area contributed by atoms with Crippen molar-refractivity contribution < 1.29 is 9.59 Å². The first kappa shape index (κ1) is 24.6. The number of Topliss-reactive ketones (excluding diaryl/α,β-unsaturated/α-hetero) is 1. The number of anilines is 1. The summed E-state index contributed by atoms with van der Waals surface area (Å²) in [7, 11) is 0. The van der Waals surface area contributed by atoms with Crippen LogP contribution in [-0.2, 0) is 22.4 Å². The third kappa shape index (κ3) is 6.31. The number of nitrogens with one attached hydrogen (secondary N) is 1. The Bertz CT molecular complexity index is 1310. The lowest BCUT2D eigenvalue weighted by Crippen LogP contribution is -2.33. The maximum atomic E-state index is 13.2. The lowest BCUT2D eigenvalue weighted by molar-refractivity contribution is -0.130. The van der Waals surface area contributed by atoms with Crippen molar-refractivity contribution in [3.05, 3.63) is 106 Å². The van der Waals surface area contributed by atoms with Crippen molar-refractivity contribution in [2.24, 2.45) is 5.41 Å². The highest BCUT2D eigenvalue weighted by atomic mass is 32.1. The number of hydrogen-bond donors (Lipinski definition) is 1. The summed E-state index contributed by atoms with van der Waals surface area (Å²) < 4.78 is 0. The van der Waals surface area contributed by atoms with Crippen LogP contribution in [0.1, 0.15) is 41.8 Å². The Morgan fingerprint density at radius 2 is 1.51 bits per heavy atom. The molecule has 178 valence electrons. The van der Waals surface area contributed by atoms with Crippen LogP contribution in [0.25, 0.3) is 11.3 Å². The fraction of sp³-hybridized carbons (Fsp3) is 0.233. The number of aromatic nitrogens is 1. The van der Waals surface area contributed by atoms with Crippen LogP contribution >= 0.6 is 11.3 Å². The van der Waals surface area contributed by atoms with Gasteiger partial charge in [-0.05, 0) is 23.6 Å². The van der Waals surface area contributed by atoms with Crippen molar-refractivity contribution in [3.63, 3.8) is 0 Å². The molecule has 1 aromatic heterocycles. The second-order valence-electron chi connectivity index (χ2n) is 9.48. The van der Waals surface area contributed by atoms with Gasteiger partial charge in [0.1, 0.15) is 5.78 Å². The lowest BCUT2D eigenvalue weighted by atomic mass is 9.84. The van der Waals surface area contributed by atoms with Crippen LogP contribution < -0.4 is 5.32 Å². The average Bonchev–Trinajstić information content (AvgIpc) is 3.23. The van der Waals surface area contributed by atoms with E-state index in [1.54, 1.807) is 0 Å². The Morgan fingerprint density at radius 1 is 0.886 bits per heavy atom. The number of aryl methyl sites for hydroxylation is 1. The minimum Gasteiger partial charge on any atom is -0.301 e. The number of hydrogen-bond acceptors (Lipinski definition) is 4. The molecule has 4 aromatic rings. The van der Waals surface area contributed by atoms with E-state index in [0.717, 1.165) is 33.7 Å². The van der Waals surface area contributed by atoms with E-state index >= 15 is 0 Å². The standard InChI is InChI=1S/C30H30N2O2S/c1-21-12-10-11-17-24(21)19-25(33)20-30(2,3)28(34)32-29-31-27(23-15-8-5-9-16-23)26(35-29)18-22-13-6-4-7-14-22/h4-17H,18-20H2,1-3H3,(H,31,32,34). The highest BCUT2D eigenvalue weighted by Gasteiger charge is 2.31. The first-order valence-corrected chi connectivity index (χ1v) is 12.6. The molecule has 0 bridgehead atoms. The topological polar surface area (TPSA) is 59.1 Å². The minimum absolute atomic E-state index is 0.0494. The summed E-state index contributed by atoms with van der Waals surface area (Å²) in [4.78, 5) is 31.9. The molecule has 5 heteroatoms. The largest absolute Gasteiger partial charge is 0.301 e. The number of amides is 1. The maximum Gasteiger partial charge on any atom is 0.232 e. The van der Waals surface area contributed by atoms with Crippen LogP contribution in [0, 0.1) is 12.3 Å². The van der Waals surface area contributed by atoms with Crippen LogP contribution in [0.5, 0.6) is 0 Å². The van der Waals surface area contributed by atoms with Gasteiger partial charge in [0.05, 0.1) is 11.1 Å². The molecule has 0 aliphatic carbocycles. The predicted octanol–water partition coefficient (Wildman–Crippen LogP) is 6.88. The second-order valence-corrected chi connectivity index (χ2v) is 10.6. The summed E-state index contributed by atoms with van der Waals surface area (Å²) in [6, 6.07) is 28.1. The van der Waals surface area contributed by atoms with Crippen LogP contribution in [0.15, 0.2) is 84.9 Å². The molecule has 0 aliphatic heterocycles. The van der Waals surface area contributed by atoms with Gasteiger partial charge < -0.3 is 5.32 Å². The van der Waals surface area contributed by atoms with Gasteiger partial charge in [0.2, 0.25) is 5.91 Å². The van der Waals surface area contributed by atoms with E-state index in [1.807, 2.05) is 93.6 Å². The monoisotopic (exact) mass is 482 g/mol. The second kappa shape index (κ2) is 10.8. The van der Waals surface area contributed by atoms with Crippen molar-refractivity contribution in [2.75, 3.05) is 5.32 Å². The molecule has 35 heavy (non-hydrogen) atoms. The van der Waals surface area contributed by atoms with Gasteiger partial charge in [-0.2, -0.15) is 0 Å². The Hall–Kier alpha value is -3.57. The van der Waals surface area contributed by atoms with Crippen LogP contribution in [0.4, 0.5) is 5.13 Å². The Kier molecular flexibility index (Phi) is 7.57. The van der Waals surface area contributed by atoms with Gasteiger partial charge in [0.25, 0.3) is 0 Å². The van der Waals surface area contributed by atoms with Crippen molar-refractivity contribution in [1.82, 2.24) is 4.98 Å². The summed E-state index contributed by atoms with van der Waals surface area (Å²) >= 11 is 1.49. The first-order valence-electron chi connectivity index (χ1n) is 11.8. The lowest BCUT2D eigenvalue weighted by Gasteiger charge is -2.22. The number of carbonyl (C=O) groups excluding carboxylic acids is 2. The summed E-state index contributed by atoms with van der Waals surface area (Å²) in [6.07, 6.45) is 1.23. The molecule has 1 heterocycles. The summed E-state index contributed by atoms with van der Waals surface area (Å²) in [5.41, 5.74) is 4.33. The van der Waals surface area contributed by atoms with Crippen molar-refractivity contribution >= 4 is 28.2 Å². The van der Waals surface area contributed by atoms with Gasteiger partial charge in [-0.3, -0.25) is 9.59 Å². The Balaban J connectivity index is 1.50. The number of rotatable bonds is 9. The van der Waals surface area contributed by atoms with Gasteiger partial charge in [-0.25, -0.2) is 4.98 Å². The summed E-state index contributed by atoms with van der Waals surface area (Å²) in [5, 5.41) is 3.55. The van der Waals surface area contributed by atoms with Crippen LogP contribution in [-0.4, -0.2) is 16.7 Å². The van der Waals surface area contributed by atoms with Crippen molar-refractivity contribution in [1.29, 1.82) is 0 Å². The molecule has 1 N–H and O–H groups in total. The number of benzene rings is 3. The van der Waals surface area contributed by atoms with E-state index in [1.165, 1.54) is 16.9 Å². The molecule has 0 fully saturated rings. The molecule has 0 saturated carbocycles. The van der Waals surface area contributed by atoms with Crippen LogP contribution in [0.2, 0.25) is 0 Å².